The topological polar surface area (TPSA) is 87.9 Å². The molecule has 0 radical (unpaired) electrons. The van der Waals surface area contributed by atoms with Crippen molar-refractivity contribution in [2.24, 2.45) is 5.73 Å². The van der Waals surface area contributed by atoms with E-state index in [0.29, 0.717) is 49.5 Å². The Labute approximate surface area is 271 Å². The number of halogens is 4. The van der Waals surface area contributed by atoms with Crippen molar-refractivity contribution in [2.75, 3.05) is 26.2 Å². The molecule has 3 aromatic rings. The van der Waals surface area contributed by atoms with E-state index in [1.165, 1.54) is 0 Å². The number of nitrogens with one attached hydrogen (secondary N) is 1. The number of carbonyl (C=O) groups is 2. The van der Waals surface area contributed by atoms with Crippen LogP contribution in [-0.4, -0.2) is 66.0 Å². The third-order valence-electron chi connectivity index (χ3n) is 8.87. The lowest BCUT2D eigenvalue weighted by Crippen LogP contribution is -2.62. The number of benzene rings is 3. The molecule has 2 amide bonds. The van der Waals surface area contributed by atoms with Crippen molar-refractivity contribution in [2.45, 2.75) is 56.8 Å². The lowest BCUT2D eigenvalue weighted by Gasteiger charge is -2.45. The van der Waals surface area contributed by atoms with Crippen LogP contribution in [0, 0.1) is 17.5 Å². The Morgan fingerprint density at radius 3 is 2.46 bits per heavy atom. The van der Waals surface area contributed by atoms with Crippen LogP contribution in [0.15, 0.2) is 66.2 Å². The molecule has 1 saturated heterocycles. The highest BCUT2D eigenvalue weighted by Crippen LogP contribution is 2.38. The summed E-state index contributed by atoms with van der Waals surface area (Å²) < 4.78 is 46.5. The van der Waals surface area contributed by atoms with Gasteiger partial charge in [-0.05, 0) is 72.6 Å². The third kappa shape index (κ3) is 6.94. The van der Waals surface area contributed by atoms with E-state index in [0.717, 1.165) is 47.2 Å². The summed E-state index contributed by atoms with van der Waals surface area (Å²) in [6, 6.07) is 16.8. The van der Waals surface area contributed by atoms with Gasteiger partial charge >= 0.3 is 0 Å². The average Bonchev–Trinajstić information content (AvgIpc) is 3.90. The SMILES string of the molecule is NCC(=O)N1C[C@H]2CC(c3ccc(CCCOc4c(F)ccc(F)c4F)cc3)=C(C(=O)N(Cc3ccccc3Cl)C3CC3)[C@@H](C1)N2. The van der Waals surface area contributed by atoms with Gasteiger partial charge in [0.15, 0.2) is 17.4 Å². The van der Waals surface area contributed by atoms with Gasteiger partial charge in [0.05, 0.1) is 19.2 Å². The largest absolute Gasteiger partial charge is 0.488 e. The molecule has 2 fully saturated rings. The fraction of sp³-hybridized carbons (Fsp3) is 0.371. The molecule has 2 aliphatic heterocycles. The predicted molar refractivity (Wildman–Crippen MR) is 169 cm³/mol. The van der Waals surface area contributed by atoms with Crippen molar-refractivity contribution >= 4 is 29.0 Å². The molecule has 0 aromatic heterocycles. The minimum atomic E-state index is -1.34. The van der Waals surface area contributed by atoms with E-state index in [2.05, 4.69) is 5.32 Å². The number of hydrogen-bond donors (Lipinski definition) is 2. The molecule has 0 spiro atoms. The number of rotatable bonds is 11. The van der Waals surface area contributed by atoms with Crippen molar-refractivity contribution in [3.05, 3.63) is 105 Å². The van der Waals surface area contributed by atoms with Crippen LogP contribution in [0.2, 0.25) is 5.02 Å². The van der Waals surface area contributed by atoms with Crippen LogP contribution in [0.4, 0.5) is 13.2 Å². The van der Waals surface area contributed by atoms with Crippen LogP contribution < -0.4 is 15.8 Å². The second-order valence-electron chi connectivity index (χ2n) is 12.1. The van der Waals surface area contributed by atoms with Crippen LogP contribution in [0.1, 0.15) is 42.4 Å². The van der Waals surface area contributed by atoms with E-state index in [9.17, 15) is 22.8 Å². The Bertz CT molecular complexity index is 1650. The molecule has 6 rings (SSSR count). The lowest BCUT2D eigenvalue weighted by molar-refractivity contribution is -0.133. The number of hydrogen-bond acceptors (Lipinski definition) is 5. The summed E-state index contributed by atoms with van der Waals surface area (Å²) in [6.45, 7) is 1.18. The first-order valence-corrected chi connectivity index (χ1v) is 16.0. The minimum absolute atomic E-state index is 0.0122. The maximum atomic E-state index is 14.5. The summed E-state index contributed by atoms with van der Waals surface area (Å²) in [5.41, 5.74) is 10.1. The quantitative estimate of drug-likeness (QED) is 0.219. The zero-order valence-corrected chi connectivity index (χ0v) is 26.0. The Morgan fingerprint density at radius 2 is 1.74 bits per heavy atom. The van der Waals surface area contributed by atoms with Crippen LogP contribution >= 0.6 is 11.6 Å². The molecule has 0 unspecified atom stereocenters. The van der Waals surface area contributed by atoms with Crippen molar-refractivity contribution in [1.29, 1.82) is 0 Å². The highest BCUT2D eigenvalue weighted by atomic mass is 35.5. The lowest BCUT2D eigenvalue weighted by atomic mass is 9.82. The van der Waals surface area contributed by atoms with Crippen molar-refractivity contribution < 1.29 is 27.5 Å². The van der Waals surface area contributed by atoms with E-state index >= 15 is 0 Å². The summed E-state index contributed by atoms with van der Waals surface area (Å²) in [6.07, 6.45) is 3.44. The normalized spacial score (nSPS) is 19.3. The molecule has 7 nitrogen and oxygen atoms in total. The molecular formula is C35H36ClF3N4O3. The van der Waals surface area contributed by atoms with Crippen molar-refractivity contribution in [3.8, 4) is 5.75 Å². The molecule has 3 aliphatic rings. The van der Waals surface area contributed by atoms with Gasteiger partial charge in [-0.25, -0.2) is 8.78 Å². The van der Waals surface area contributed by atoms with Gasteiger partial charge < -0.3 is 25.6 Å². The van der Waals surface area contributed by atoms with Crippen molar-refractivity contribution in [1.82, 2.24) is 15.1 Å². The van der Waals surface area contributed by atoms with Gasteiger partial charge in [-0.3, -0.25) is 9.59 Å². The van der Waals surface area contributed by atoms with Crippen LogP contribution in [-0.2, 0) is 22.6 Å². The number of carbonyl (C=O) groups excluding carboxylic acids is 2. The maximum Gasteiger partial charge on any atom is 0.252 e. The van der Waals surface area contributed by atoms with E-state index in [1.807, 2.05) is 53.4 Å². The Kier molecular flexibility index (Phi) is 9.67. The molecule has 3 N–H and O–H groups in total. The Balaban J connectivity index is 1.23. The standard InChI is InChI=1S/C35H36ClF3N4O3/c36-27-6-2-1-5-23(27)18-43(25-11-12-25)35(45)32-26(16-24-19-42(31(44)17-40)20-30(32)41-24)22-9-7-21(8-10-22)4-3-15-46-34-29(38)14-13-28(37)33(34)39/h1-2,5-10,13-14,24-25,30,41H,3-4,11-12,15-20,40H2/t24-,30-/m1/s1. The second-order valence-corrected chi connectivity index (χ2v) is 12.5. The van der Waals surface area contributed by atoms with Crippen LogP contribution in [0.5, 0.6) is 5.75 Å². The van der Waals surface area contributed by atoms with Gasteiger partial charge in [-0.1, -0.05) is 54.1 Å². The van der Waals surface area contributed by atoms with Crippen molar-refractivity contribution in [3.63, 3.8) is 0 Å². The van der Waals surface area contributed by atoms with Gasteiger partial charge in [0, 0.05) is 42.3 Å². The number of ether oxygens (including phenoxy) is 1. The van der Waals surface area contributed by atoms with E-state index < -0.39 is 23.2 Å². The van der Waals surface area contributed by atoms with Gasteiger partial charge in [-0.15, -0.1) is 0 Å². The molecule has 2 heterocycles. The highest BCUT2D eigenvalue weighted by molar-refractivity contribution is 6.31. The summed E-state index contributed by atoms with van der Waals surface area (Å²) in [7, 11) is 0. The predicted octanol–water partition coefficient (Wildman–Crippen LogP) is 5.25. The number of nitrogens with two attached hydrogens (primary N) is 1. The molecule has 11 heteroatoms. The molecule has 2 atom stereocenters. The van der Waals surface area contributed by atoms with Crippen LogP contribution in [0.25, 0.3) is 5.57 Å². The Hall–Kier alpha value is -3.86. The van der Waals surface area contributed by atoms with Gasteiger partial charge in [0.2, 0.25) is 11.7 Å². The highest BCUT2D eigenvalue weighted by Gasteiger charge is 2.43. The van der Waals surface area contributed by atoms with Gasteiger partial charge in [0.25, 0.3) is 5.91 Å². The molecular weight excluding hydrogens is 617 g/mol. The average molecular weight is 653 g/mol. The smallest absolute Gasteiger partial charge is 0.252 e. The van der Waals surface area contributed by atoms with Crippen LogP contribution in [0.3, 0.4) is 0 Å². The number of nitrogens with zero attached hydrogens (tertiary/aromatic N) is 2. The minimum Gasteiger partial charge on any atom is -0.488 e. The molecule has 2 bridgehead atoms. The zero-order chi connectivity index (χ0) is 32.4. The van der Waals surface area contributed by atoms with E-state index in [1.54, 1.807) is 4.90 Å². The molecule has 46 heavy (non-hydrogen) atoms. The number of fused-ring (bicyclic) bond motifs is 2. The fourth-order valence-electron chi connectivity index (χ4n) is 6.38. The van der Waals surface area contributed by atoms with E-state index in [4.69, 9.17) is 22.1 Å². The summed E-state index contributed by atoms with van der Waals surface area (Å²) in [4.78, 5) is 30.8. The summed E-state index contributed by atoms with van der Waals surface area (Å²) in [5.74, 6) is -4.36. The summed E-state index contributed by atoms with van der Waals surface area (Å²) >= 11 is 6.50. The monoisotopic (exact) mass is 652 g/mol. The number of aryl methyl sites for hydroxylation is 1. The third-order valence-corrected chi connectivity index (χ3v) is 9.24. The zero-order valence-electron chi connectivity index (χ0n) is 25.3. The second kappa shape index (κ2) is 13.9. The maximum absolute atomic E-state index is 14.5. The first kappa shape index (κ1) is 32.1. The molecule has 3 aromatic carbocycles. The van der Waals surface area contributed by atoms with Gasteiger partial charge in [-0.2, -0.15) is 4.39 Å². The number of amides is 2. The van der Waals surface area contributed by atoms with E-state index in [-0.39, 0.29) is 43.1 Å². The Morgan fingerprint density at radius 1 is 1.00 bits per heavy atom. The molecule has 1 saturated carbocycles. The van der Waals surface area contributed by atoms with Gasteiger partial charge in [0.1, 0.15) is 0 Å². The first-order chi connectivity index (χ1) is 22.2. The fourth-order valence-corrected chi connectivity index (χ4v) is 6.58. The molecule has 1 aliphatic carbocycles. The first-order valence-electron chi connectivity index (χ1n) is 15.6. The summed E-state index contributed by atoms with van der Waals surface area (Å²) in [5, 5.41) is 4.21. The molecule has 242 valence electrons. The number of piperazine rings is 1.